The third kappa shape index (κ3) is 5.95. The number of para-hydroxylation sites is 2. The van der Waals surface area contributed by atoms with Crippen LogP contribution in [0.2, 0.25) is 0 Å². The number of benzene rings is 8. The summed E-state index contributed by atoms with van der Waals surface area (Å²) >= 11 is 0. The number of fused-ring (bicyclic) bond motifs is 7. The minimum absolute atomic E-state index is 0.0718. The number of nitrogens with zero attached hydrogens (tertiary/aromatic N) is 5. The van der Waals surface area contributed by atoms with Crippen molar-refractivity contribution in [3.05, 3.63) is 199 Å². The molecule has 3 heterocycles. The molecule has 0 amide bonds. The van der Waals surface area contributed by atoms with E-state index in [1.54, 1.807) is 0 Å². The summed E-state index contributed by atoms with van der Waals surface area (Å²) in [6.07, 6.45) is 1.12. The largest absolute Gasteiger partial charge is 0.309 e. The van der Waals surface area contributed by atoms with Gasteiger partial charge in [-0.05, 0) is 87.0 Å². The Bertz CT molecular complexity index is 3580. The molecule has 0 saturated carbocycles. The van der Waals surface area contributed by atoms with Crippen LogP contribution >= 0.6 is 0 Å². The Labute approximate surface area is 367 Å². The maximum Gasteiger partial charge on any atom is 0.238 e. The molecule has 8 aromatic carbocycles. The van der Waals surface area contributed by atoms with Crippen LogP contribution in [0.1, 0.15) is 45.2 Å². The minimum atomic E-state index is 0.0718. The molecule has 0 fully saturated rings. The molecule has 63 heavy (non-hydrogen) atoms. The molecular formula is C58H45N5. The molecule has 3 aromatic heterocycles. The lowest BCUT2D eigenvalue weighted by Gasteiger charge is -2.22. The number of rotatable bonds is 6. The average Bonchev–Trinajstić information content (AvgIpc) is 3.89. The van der Waals surface area contributed by atoms with Gasteiger partial charge in [-0.15, -0.1) is 0 Å². The Morgan fingerprint density at radius 2 is 0.889 bits per heavy atom. The van der Waals surface area contributed by atoms with Crippen molar-refractivity contribution in [2.75, 3.05) is 0 Å². The smallest absolute Gasteiger partial charge is 0.238 e. The second-order valence-electron chi connectivity index (χ2n) is 18.4. The molecule has 302 valence electrons. The summed E-state index contributed by atoms with van der Waals surface area (Å²) in [7, 11) is 0. The standard InChI is InChI=1S/C58H45N5/c1-57(2)36-58(3,4)49-33-41(31-32-48(49)57)62-50-25-15-13-22-43(50)46-34-47-44-23-14-16-26-51(44)63(53(47)35-52(46)62)56-60-54(40-29-27-38(28-30-40)37-17-7-5-8-18-37)59-55(61-56)45-24-12-11-21-42(45)39-19-9-6-10-20-39/h5-35H,36H2,1-4H3. The lowest BCUT2D eigenvalue weighted by atomic mass is 9.82. The molecule has 0 atom stereocenters. The molecule has 0 saturated heterocycles. The monoisotopic (exact) mass is 811 g/mol. The van der Waals surface area contributed by atoms with Crippen LogP contribution in [-0.4, -0.2) is 24.1 Å². The fraction of sp³-hybridized carbons (Fsp3) is 0.121. The molecule has 0 spiro atoms. The average molecular weight is 812 g/mol. The van der Waals surface area contributed by atoms with Gasteiger partial charge in [0.15, 0.2) is 11.6 Å². The maximum absolute atomic E-state index is 5.43. The van der Waals surface area contributed by atoms with E-state index in [0.717, 1.165) is 61.6 Å². The van der Waals surface area contributed by atoms with E-state index >= 15 is 0 Å². The third-order valence-electron chi connectivity index (χ3n) is 13.4. The molecule has 0 bridgehead atoms. The first-order chi connectivity index (χ1) is 30.7. The van der Waals surface area contributed by atoms with E-state index in [1.807, 2.05) is 6.07 Å². The lowest BCUT2D eigenvalue weighted by Crippen LogP contribution is -2.18. The number of hydrogen-bond acceptors (Lipinski definition) is 3. The van der Waals surface area contributed by atoms with E-state index < -0.39 is 0 Å². The van der Waals surface area contributed by atoms with Crippen molar-refractivity contribution in [2.45, 2.75) is 44.9 Å². The zero-order valence-corrected chi connectivity index (χ0v) is 35.8. The first-order valence-electron chi connectivity index (χ1n) is 21.9. The van der Waals surface area contributed by atoms with E-state index in [9.17, 15) is 0 Å². The second-order valence-corrected chi connectivity index (χ2v) is 18.4. The Morgan fingerprint density at radius 3 is 1.59 bits per heavy atom. The number of aromatic nitrogens is 5. The molecule has 5 nitrogen and oxygen atoms in total. The highest BCUT2D eigenvalue weighted by molar-refractivity contribution is 6.19. The van der Waals surface area contributed by atoms with Crippen molar-refractivity contribution in [2.24, 2.45) is 0 Å². The SMILES string of the molecule is CC1(C)CC(C)(C)c2cc(-n3c4ccccc4c4cc5c6ccccc6n(-c6nc(-c7ccc(-c8ccccc8)cc7)nc(-c7ccccc7-c7ccccc7)n6)c5cc43)ccc21. The summed E-state index contributed by atoms with van der Waals surface area (Å²) < 4.78 is 4.71. The molecule has 0 aliphatic heterocycles. The topological polar surface area (TPSA) is 48.5 Å². The van der Waals surface area contributed by atoms with Crippen LogP contribution < -0.4 is 0 Å². The maximum atomic E-state index is 5.43. The van der Waals surface area contributed by atoms with E-state index in [4.69, 9.17) is 15.0 Å². The van der Waals surface area contributed by atoms with Crippen molar-refractivity contribution in [1.82, 2.24) is 24.1 Å². The first-order valence-corrected chi connectivity index (χ1v) is 21.9. The van der Waals surface area contributed by atoms with Crippen molar-refractivity contribution < 1.29 is 0 Å². The van der Waals surface area contributed by atoms with Gasteiger partial charge in [0.05, 0.1) is 22.1 Å². The van der Waals surface area contributed by atoms with Crippen LogP contribution in [0.4, 0.5) is 0 Å². The van der Waals surface area contributed by atoms with Gasteiger partial charge in [0, 0.05) is 38.4 Å². The first kappa shape index (κ1) is 37.2. The molecule has 5 heteroatoms. The van der Waals surface area contributed by atoms with Crippen LogP contribution in [0.15, 0.2) is 188 Å². The van der Waals surface area contributed by atoms with Crippen LogP contribution in [-0.2, 0) is 10.8 Å². The Morgan fingerprint density at radius 1 is 0.365 bits per heavy atom. The van der Waals surface area contributed by atoms with Gasteiger partial charge < -0.3 is 4.57 Å². The molecule has 12 rings (SSSR count). The predicted molar refractivity (Wildman–Crippen MR) is 261 cm³/mol. The Kier molecular flexibility index (Phi) is 8.23. The lowest BCUT2D eigenvalue weighted by molar-refractivity contribution is 0.403. The van der Waals surface area contributed by atoms with E-state index in [1.165, 1.54) is 38.7 Å². The molecule has 0 radical (unpaired) electrons. The fourth-order valence-electron chi connectivity index (χ4n) is 10.7. The minimum Gasteiger partial charge on any atom is -0.309 e. The van der Waals surface area contributed by atoms with E-state index in [-0.39, 0.29) is 10.8 Å². The summed E-state index contributed by atoms with van der Waals surface area (Å²) in [4.78, 5) is 16.1. The van der Waals surface area contributed by atoms with Gasteiger partial charge in [0.1, 0.15) is 0 Å². The molecule has 11 aromatic rings. The predicted octanol–water partition coefficient (Wildman–Crippen LogP) is 14.7. The molecular weight excluding hydrogens is 767 g/mol. The van der Waals surface area contributed by atoms with Gasteiger partial charge in [0.2, 0.25) is 5.95 Å². The highest BCUT2D eigenvalue weighted by Gasteiger charge is 2.42. The number of hydrogen-bond donors (Lipinski definition) is 0. The summed E-state index contributed by atoms with van der Waals surface area (Å²) in [5.74, 6) is 1.80. The third-order valence-corrected chi connectivity index (χ3v) is 13.4. The molecule has 0 unspecified atom stereocenters. The Hall–Kier alpha value is -7.63. The molecule has 0 N–H and O–H groups in total. The van der Waals surface area contributed by atoms with Crippen LogP contribution in [0.5, 0.6) is 0 Å². The highest BCUT2D eigenvalue weighted by atomic mass is 15.2. The van der Waals surface area contributed by atoms with Gasteiger partial charge >= 0.3 is 0 Å². The van der Waals surface area contributed by atoms with Gasteiger partial charge in [-0.25, -0.2) is 4.98 Å². The van der Waals surface area contributed by atoms with Gasteiger partial charge in [-0.3, -0.25) is 4.57 Å². The van der Waals surface area contributed by atoms with Gasteiger partial charge in [-0.1, -0.05) is 179 Å². The normalized spacial score (nSPS) is 14.2. The molecule has 1 aliphatic rings. The van der Waals surface area contributed by atoms with E-state index in [0.29, 0.717) is 17.6 Å². The molecule has 1 aliphatic carbocycles. The summed E-state index contributed by atoms with van der Waals surface area (Å²) in [5, 5.41) is 4.74. The van der Waals surface area contributed by atoms with Crippen molar-refractivity contribution >= 4 is 43.6 Å². The van der Waals surface area contributed by atoms with Crippen molar-refractivity contribution in [1.29, 1.82) is 0 Å². The van der Waals surface area contributed by atoms with Gasteiger partial charge in [-0.2, -0.15) is 9.97 Å². The quantitative estimate of drug-likeness (QED) is 0.168. The second kappa shape index (κ2) is 13.9. The highest BCUT2D eigenvalue weighted by Crippen LogP contribution is 2.50. The van der Waals surface area contributed by atoms with Crippen LogP contribution in [0.3, 0.4) is 0 Å². The van der Waals surface area contributed by atoms with E-state index in [2.05, 4.69) is 219 Å². The summed E-state index contributed by atoms with van der Waals surface area (Å²) in [6.45, 7) is 9.55. The zero-order valence-electron chi connectivity index (χ0n) is 35.8. The summed E-state index contributed by atoms with van der Waals surface area (Å²) in [6, 6.07) is 67.3. The fourth-order valence-corrected chi connectivity index (χ4v) is 10.7. The van der Waals surface area contributed by atoms with Crippen molar-refractivity contribution in [3.8, 4) is 56.7 Å². The van der Waals surface area contributed by atoms with Crippen LogP contribution in [0, 0.1) is 0 Å². The van der Waals surface area contributed by atoms with Crippen molar-refractivity contribution in [3.63, 3.8) is 0 Å². The van der Waals surface area contributed by atoms with Crippen LogP contribution in [0.25, 0.3) is 100 Å². The zero-order chi connectivity index (χ0) is 42.5. The Balaban J connectivity index is 1.13. The van der Waals surface area contributed by atoms with Gasteiger partial charge in [0.25, 0.3) is 0 Å². The summed E-state index contributed by atoms with van der Waals surface area (Å²) in [5.41, 5.74) is 15.0.